The van der Waals surface area contributed by atoms with Gasteiger partial charge in [0.15, 0.2) is 11.5 Å². The van der Waals surface area contributed by atoms with E-state index in [0.29, 0.717) is 28.4 Å². The van der Waals surface area contributed by atoms with Crippen molar-refractivity contribution in [1.29, 1.82) is 0 Å². The molecule has 0 amide bonds. The van der Waals surface area contributed by atoms with Crippen LogP contribution in [0.25, 0.3) is 6.08 Å². The number of nitrogens with one attached hydrogen (secondary N) is 1. The van der Waals surface area contributed by atoms with Crippen molar-refractivity contribution in [1.82, 2.24) is 4.90 Å². The second-order valence-electron chi connectivity index (χ2n) is 9.49. The third-order valence-corrected chi connectivity index (χ3v) is 7.78. The summed E-state index contributed by atoms with van der Waals surface area (Å²) < 4.78 is 55.3. The van der Waals surface area contributed by atoms with Crippen LogP contribution in [-0.4, -0.2) is 81.0 Å². The smallest absolute Gasteiger partial charge is 0.343 e. The summed E-state index contributed by atoms with van der Waals surface area (Å²) in [5, 5.41) is 0.984. The van der Waals surface area contributed by atoms with E-state index in [1.807, 2.05) is 12.1 Å². The summed E-state index contributed by atoms with van der Waals surface area (Å²) in [5.74, 6) is 0.961. The molecule has 3 aromatic rings. The van der Waals surface area contributed by atoms with E-state index < -0.39 is 16.0 Å². The van der Waals surface area contributed by atoms with Gasteiger partial charge in [0, 0.05) is 50.1 Å². The highest BCUT2D eigenvalue weighted by Gasteiger charge is 2.18. The van der Waals surface area contributed by atoms with Crippen LogP contribution in [0.4, 0.5) is 11.4 Å². The molecule has 1 aliphatic heterocycles. The number of ether oxygens (including phenoxy) is 5. The van der Waals surface area contributed by atoms with Gasteiger partial charge in [0.2, 0.25) is 0 Å². The minimum absolute atomic E-state index is 0.0633. The summed E-state index contributed by atoms with van der Waals surface area (Å²) in [6, 6.07) is 14.8. The van der Waals surface area contributed by atoms with Gasteiger partial charge in [0.1, 0.15) is 17.2 Å². The van der Waals surface area contributed by atoms with Crippen LogP contribution in [0.5, 0.6) is 28.7 Å². The van der Waals surface area contributed by atoms with Crippen molar-refractivity contribution in [2.75, 3.05) is 71.3 Å². The van der Waals surface area contributed by atoms with Crippen molar-refractivity contribution in [3.63, 3.8) is 0 Å². The maximum atomic E-state index is 13.0. The fourth-order valence-corrected chi connectivity index (χ4v) is 5.24. The van der Waals surface area contributed by atoms with Gasteiger partial charge in [-0.25, -0.2) is 13.2 Å². The lowest BCUT2D eigenvalue weighted by molar-refractivity contribution is 0.0730. The number of hydrogen-bond donors (Lipinski definition) is 1. The lowest BCUT2D eigenvalue weighted by Gasteiger charge is -2.34. The van der Waals surface area contributed by atoms with Gasteiger partial charge in [-0.2, -0.15) is 0 Å². The Bertz CT molecular complexity index is 1510. The quantitative estimate of drug-likeness (QED) is 0.256. The first-order valence-electron chi connectivity index (χ1n) is 13.1. The van der Waals surface area contributed by atoms with Gasteiger partial charge in [-0.05, 0) is 49.5 Å². The Kier molecular flexibility index (Phi) is 9.81. The lowest BCUT2D eigenvalue weighted by atomic mass is 10.1. The molecule has 12 heteroatoms. The molecule has 42 heavy (non-hydrogen) atoms. The number of carbonyl (C=O) groups excluding carboxylic acids is 1. The summed E-state index contributed by atoms with van der Waals surface area (Å²) in [4.78, 5) is 17.5. The zero-order valence-corrected chi connectivity index (χ0v) is 25.1. The van der Waals surface area contributed by atoms with Gasteiger partial charge in [-0.3, -0.25) is 4.72 Å². The molecule has 11 nitrogen and oxygen atoms in total. The number of anilines is 2. The third kappa shape index (κ3) is 7.45. The van der Waals surface area contributed by atoms with Crippen molar-refractivity contribution >= 4 is 33.4 Å². The molecule has 1 saturated heterocycles. The number of benzene rings is 3. The predicted octanol–water partition coefficient (Wildman–Crippen LogP) is 4.10. The summed E-state index contributed by atoms with van der Waals surface area (Å²) in [5.41, 5.74) is 1.97. The van der Waals surface area contributed by atoms with Crippen molar-refractivity contribution in [3.05, 3.63) is 71.1 Å². The van der Waals surface area contributed by atoms with E-state index in [2.05, 4.69) is 21.6 Å². The number of piperazine rings is 1. The van der Waals surface area contributed by atoms with Crippen LogP contribution < -0.4 is 33.3 Å². The Hall–Kier alpha value is -4.42. The van der Waals surface area contributed by atoms with Gasteiger partial charge in [-0.1, -0.05) is 0 Å². The van der Waals surface area contributed by atoms with Crippen molar-refractivity contribution < 1.29 is 36.9 Å². The van der Waals surface area contributed by atoms with Gasteiger partial charge in [0.25, 0.3) is 10.0 Å². The zero-order chi connectivity index (χ0) is 30.3. The Balaban J connectivity index is 1.49. The number of hydrogen-bond acceptors (Lipinski definition) is 10. The highest BCUT2D eigenvalue weighted by Crippen LogP contribution is 2.36. The Morgan fingerprint density at radius 2 is 1.40 bits per heavy atom. The summed E-state index contributed by atoms with van der Waals surface area (Å²) in [6.45, 7) is 3.78. The highest BCUT2D eigenvalue weighted by molar-refractivity contribution is 7.95. The molecule has 0 radical (unpaired) electrons. The van der Waals surface area contributed by atoms with Gasteiger partial charge >= 0.3 is 5.97 Å². The van der Waals surface area contributed by atoms with E-state index in [4.69, 9.17) is 23.7 Å². The van der Waals surface area contributed by atoms with Gasteiger partial charge < -0.3 is 33.5 Å². The van der Waals surface area contributed by atoms with Crippen molar-refractivity contribution in [2.24, 2.45) is 0 Å². The summed E-state index contributed by atoms with van der Waals surface area (Å²) in [6.07, 6.45) is 1.36. The first-order chi connectivity index (χ1) is 20.2. The second kappa shape index (κ2) is 13.5. The molecule has 0 aromatic heterocycles. The maximum Gasteiger partial charge on any atom is 0.343 e. The number of sulfonamides is 1. The molecule has 4 rings (SSSR count). The molecular formula is C30H35N3O8S. The summed E-state index contributed by atoms with van der Waals surface area (Å²) >= 11 is 0. The first-order valence-corrected chi connectivity index (χ1v) is 14.7. The maximum absolute atomic E-state index is 13.0. The SMILES string of the molecule is COc1cc(OC)c(/C=C/S(=O)(=O)Nc2ccc(OC)c(OC(=O)c3ccc(N4CCN(C)CC4)cc3)c2)c(OC)c1. The van der Waals surface area contributed by atoms with Crippen molar-refractivity contribution in [3.8, 4) is 28.7 Å². The zero-order valence-electron chi connectivity index (χ0n) is 24.2. The highest BCUT2D eigenvalue weighted by atomic mass is 32.2. The molecule has 0 saturated carbocycles. The van der Waals surface area contributed by atoms with Crippen LogP contribution >= 0.6 is 0 Å². The largest absolute Gasteiger partial charge is 0.496 e. The van der Waals surface area contributed by atoms with E-state index in [1.165, 1.54) is 52.7 Å². The number of likely N-dealkylation sites (N-methyl/N-ethyl adjacent to an activating group) is 1. The number of carbonyl (C=O) groups is 1. The normalized spacial score (nSPS) is 14.0. The molecule has 0 atom stereocenters. The Morgan fingerprint density at radius 1 is 0.786 bits per heavy atom. The minimum atomic E-state index is -4.00. The predicted molar refractivity (Wildman–Crippen MR) is 162 cm³/mol. The molecule has 1 fully saturated rings. The average molecular weight is 598 g/mol. The molecule has 224 valence electrons. The van der Waals surface area contributed by atoms with E-state index in [1.54, 1.807) is 24.3 Å². The van der Waals surface area contributed by atoms with E-state index >= 15 is 0 Å². The van der Waals surface area contributed by atoms with Crippen molar-refractivity contribution in [2.45, 2.75) is 0 Å². The topological polar surface area (TPSA) is 116 Å². The lowest BCUT2D eigenvalue weighted by Crippen LogP contribution is -2.44. The van der Waals surface area contributed by atoms with Crippen LogP contribution in [0.3, 0.4) is 0 Å². The van der Waals surface area contributed by atoms with E-state index in [-0.39, 0.29) is 17.2 Å². The van der Waals surface area contributed by atoms with Crippen LogP contribution in [0.15, 0.2) is 60.0 Å². The Morgan fingerprint density at radius 3 is 1.98 bits per heavy atom. The average Bonchev–Trinajstić information content (AvgIpc) is 3.00. The van der Waals surface area contributed by atoms with Crippen LogP contribution in [0, 0.1) is 0 Å². The molecule has 1 heterocycles. The van der Waals surface area contributed by atoms with Gasteiger partial charge in [0.05, 0.1) is 50.7 Å². The van der Waals surface area contributed by atoms with E-state index in [0.717, 1.165) is 37.3 Å². The fourth-order valence-electron chi connectivity index (χ4n) is 4.40. The standard InChI is InChI=1S/C30H35N3O8S/c1-32-13-15-33(16-14-32)23-9-6-21(7-10-23)30(34)41-29-18-22(8-11-26(29)38-3)31-42(35,36)17-12-25-27(39-4)19-24(37-2)20-28(25)40-5/h6-12,17-20,31H,13-16H2,1-5H3/b17-12+. The number of nitrogens with zero attached hydrogens (tertiary/aromatic N) is 2. The molecule has 0 unspecified atom stereocenters. The molecule has 3 aromatic carbocycles. The summed E-state index contributed by atoms with van der Waals surface area (Å²) in [7, 11) is 3.95. The van der Waals surface area contributed by atoms with Crippen LogP contribution in [0.1, 0.15) is 15.9 Å². The number of esters is 1. The second-order valence-corrected chi connectivity index (χ2v) is 11.1. The molecule has 1 aliphatic rings. The van der Waals surface area contributed by atoms with Crippen LogP contribution in [0.2, 0.25) is 0 Å². The molecular weight excluding hydrogens is 562 g/mol. The van der Waals surface area contributed by atoms with Gasteiger partial charge in [-0.15, -0.1) is 0 Å². The molecule has 0 bridgehead atoms. The van der Waals surface area contributed by atoms with Crippen LogP contribution in [-0.2, 0) is 10.0 Å². The van der Waals surface area contributed by atoms with E-state index in [9.17, 15) is 13.2 Å². The molecule has 1 N–H and O–H groups in total. The molecule has 0 aliphatic carbocycles. The monoisotopic (exact) mass is 597 g/mol. The first kappa shape index (κ1) is 30.5. The Labute approximate surface area is 246 Å². The fraction of sp³-hybridized carbons (Fsp3) is 0.300. The number of rotatable bonds is 11. The molecule has 0 spiro atoms. The number of methoxy groups -OCH3 is 4. The minimum Gasteiger partial charge on any atom is -0.496 e. The third-order valence-electron chi connectivity index (χ3n) is 6.76.